The molecule has 0 spiro atoms. The fraction of sp³-hybridized carbons (Fsp3) is 0.536. The van der Waals surface area contributed by atoms with Crippen molar-refractivity contribution in [3.63, 3.8) is 0 Å². The van der Waals surface area contributed by atoms with E-state index in [-0.39, 0.29) is 6.42 Å². The molecule has 2 aliphatic rings. The zero-order valence-corrected chi connectivity index (χ0v) is 22.5. The van der Waals surface area contributed by atoms with Crippen LogP contribution in [0.3, 0.4) is 0 Å². The zero-order valence-electron chi connectivity index (χ0n) is 21.7. The summed E-state index contributed by atoms with van der Waals surface area (Å²) in [7, 11) is 0. The Balaban J connectivity index is 1.30. The van der Waals surface area contributed by atoms with E-state index >= 15 is 0 Å². The average Bonchev–Trinajstić information content (AvgIpc) is 3.25. The first-order valence-electron chi connectivity index (χ1n) is 13.5. The second-order valence-corrected chi connectivity index (χ2v) is 10.9. The Morgan fingerprint density at radius 3 is 2.76 bits per heavy atom. The van der Waals surface area contributed by atoms with E-state index in [0.29, 0.717) is 13.0 Å². The molecular weight excluding hydrogens is 486 g/mol. The molecule has 0 amide bonds. The van der Waals surface area contributed by atoms with Gasteiger partial charge in [0, 0.05) is 69.2 Å². The van der Waals surface area contributed by atoms with Crippen LogP contribution in [0.5, 0.6) is 5.75 Å². The number of hydrogen-bond acceptors (Lipinski definition) is 8. The average molecular weight is 524 g/mol. The number of carboxylic acid groups (broad SMARTS) is 1. The summed E-state index contributed by atoms with van der Waals surface area (Å²) < 4.78 is 6.23. The van der Waals surface area contributed by atoms with Crippen LogP contribution < -0.4 is 14.5 Å². The van der Waals surface area contributed by atoms with Crippen molar-refractivity contribution in [2.75, 3.05) is 55.7 Å². The molecule has 1 N–H and O–H groups in total. The molecule has 5 rings (SSSR count). The Bertz CT molecular complexity index is 1210. The maximum absolute atomic E-state index is 11.0. The minimum absolute atomic E-state index is 0.106. The van der Waals surface area contributed by atoms with Crippen LogP contribution in [-0.2, 0) is 11.3 Å². The third-order valence-electron chi connectivity index (χ3n) is 7.25. The molecule has 3 aromatic rings. The quantitative estimate of drug-likeness (QED) is 0.395. The summed E-state index contributed by atoms with van der Waals surface area (Å²) in [6.45, 7) is 9.35. The van der Waals surface area contributed by atoms with Gasteiger partial charge in [0.2, 0.25) is 0 Å². The molecule has 0 aliphatic carbocycles. The summed E-state index contributed by atoms with van der Waals surface area (Å²) in [5.74, 6) is 0.0345. The largest absolute Gasteiger partial charge is 0.491 e. The third-order valence-corrected chi connectivity index (χ3v) is 8.20. The predicted octanol–water partition coefficient (Wildman–Crippen LogP) is 4.95. The van der Waals surface area contributed by atoms with Gasteiger partial charge in [-0.15, -0.1) is 11.3 Å². The van der Waals surface area contributed by atoms with Crippen molar-refractivity contribution >= 4 is 39.0 Å². The molecule has 198 valence electrons. The number of carboxylic acids is 1. The van der Waals surface area contributed by atoms with Crippen LogP contribution in [0, 0.1) is 6.92 Å². The Morgan fingerprint density at radius 2 is 1.92 bits per heavy atom. The summed E-state index contributed by atoms with van der Waals surface area (Å²) in [5, 5.41) is 13.5. The first-order chi connectivity index (χ1) is 18.1. The second-order valence-electron chi connectivity index (χ2n) is 10.1. The van der Waals surface area contributed by atoms with E-state index in [4.69, 9.17) is 19.8 Å². The molecular formula is C28H37N5O3S. The Hall–Kier alpha value is -2.91. The van der Waals surface area contributed by atoms with Crippen molar-refractivity contribution in [1.82, 2.24) is 14.9 Å². The van der Waals surface area contributed by atoms with Gasteiger partial charge in [-0.05, 0) is 56.7 Å². The summed E-state index contributed by atoms with van der Waals surface area (Å²) in [6.07, 6.45) is 7.34. The maximum atomic E-state index is 11.0. The first-order valence-corrected chi connectivity index (χ1v) is 14.4. The molecule has 4 heterocycles. The van der Waals surface area contributed by atoms with Gasteiger partial charge in [0.05, 0.1) is 17.8 Å². The molecule has 9 heteroatoms. The Labute approximate surface area is 222 Å². The molecule has 2 aromatic heterocycles. The molecule has 2 aliphatic heterocycles. The van der Waals surface area contributed by atoms with E-state index in [9.17, 15) is 4.79 Å². The minimum Gasteiger partial charge on any atom is -0.491 e. The molecule has 0 bridgehead atoms. The minimum atomic E-state index is -0.795. The SMILES string of the molecule is Cc1cc2cccnc2c(N2CCCN(Cc3csc(N4CCCCC4)n3)CC2)c1OCCCC(=O)O. The number of carbonyl (C=O) groups is 1. The summed E-state index contributed by atoms with van der Waals surface area (Å²) >= 11 is 1.78. The number of pyridine rings is 1. The number of aliphatic carboxylic acids is 1. The van der Waals surface area contributed by atoms with E-state index < -0.39 is 5.97 Å². The highest BCUT2D eigenvalue weighted by molar-refractivity contribution is 7.13. The molecule has 1 aromatic carbocycles. The number of piperidine rings is 1. The number of thiazole rings is 1. The van der Waals surface area contributed by atoms with Crippen molar-refractivity contribution in [3.8, 4) is 5.75 Å². The van der Waals surface area contributed by atoms with Crippen LogP contribution in [0.25, 0.3) is 10.9 Å². The lowest BCUT2D eigenvalue weighted by molar-refractivity contribution is -0.137. The van der Waals surface area contributed by atoms with Gasteiger partial charge < -0.3 is 19.6 Å². The summed E-state index contributed by atoms with van der Waals surface area (Å²) in [5.41, 5.74) is 4.21. The monoisotopic (exact) mass is 523 g/mol. The smallest absolute Gasteiger partial charge is 0.303 e. The van der Waals surface area contributed by atoms with E-state index in [0.717, 1.165) is 80.1 Å². The van der Waals surface area contributed by atoms with Gasteiger partial charge in [0.15, 0.2) is 5.13 Å². The highest BCUT2D eigenvalue weighted by Crippen LogP contribution is 2.39. The van der Waals surface area contributed by atoms with Gasteiger partial charge in [-0.2, -0.15) is 0 Å². The summed E-state index contributed by atoms with van der Waals surface area (Å²) in [4.78, 5) is 28.0. The van der Waals surface area contributed by atoms with Crippen LogP contribution in [0.1, 0.15) is 49.8 Å². The van der Waals surface area contributed by atoms with Crippen molar-refractivity contribution in [1.29, 1.82) is 0 Å². The van der Waals surface area contributed by atoms with Gasteiger partial charge in [0.1, 0.15) is 11.4 Å². The fourth-order valence-corrected chi connectivity index (χ4v) is 6.25. The topological polar surface area (TPSA) is 82.0 Å². The lowest BCUT2D eigenvalue weighted by atomic mass is 10.1. The van der Waals surface area contributed by atoms with Crippen LogP contribution in [-0.4, -0.2) is 71.8 Å². The lowest BCUT2D eigenvalue weighted by Gasteiger charge is -2.28. The van der Waals surface area contributed by atoms with E-state index in [1.54, 1.807) is 11.3 Å². The van der Waals surface area contributed by atoms with Crippen LogP contribution in [0.4, 0.5) is 10.8 Å². The highest BCUT2D eigenvalue weighted by Gasteiger charge is 2.24. The molecule has 37 heavy (non-hydrogen) atoms. The maximum Gasteiger partial charge on any atom is 0.303 e. The molecule has 0 unspecified atom stereocenters. The van der Waals surface area contributed by atoms with Crippen molar-refractivity contribution in [2.24, 2.45) is 0 Å². The molecule has 0 atom stereocenters. The number of aryl methyl sites for hydroxylation is 1. The Kier molecular flexibility index (Phi) is 8.41. The number of fused-ring (bicyclic) bond motifs is 1. The Morgan fingerprint density at radius 1 is 1.08 bits per heavy atom. The number of benzene rings is 1. The number of nitrogens with zero attached hydrogens (tertiary/aromatic N) is 5. The van der Waals surface area contributed by atoms with Crippen LogP contribution >= 0.6 is 11.3 Å². The molecule has 2 saturated heterocycles. The number of rotatable bonds is 9. The standard InChI is InChI=1S/C28H37N5O3S/c1-21-18-22-8-5-10-29-25(22)26(27(21)36-17-6-9-24(34)35)32-14-7-11-31(15-16-32)19-23-20-37-28(30-23)33-12-3-2-4-13-33/h5,8,10,18,20H,2-4,6-7,9,11-17,19H2,1H3,(H,34,35). The second kappa shape index (κ2) is 12.1. The van der Waals surface area contributed by atoms with Crippen LogP contribution in [0.15, 0.2) is 29.8 Å². The highest BCUT2D eigenvalue weighted by atomic mass is 32.1. The van der Waals surface area contributed by atoms with Crippen molar-refractivity contribution in [3.05, 3.63) is 41.0 Å². The van der Waals surface area contributed by atoms with Crippen molar-refractivity contribution in [2.45, 2.75) is 52.0 Å². The van der Waals surface area contributed by atoms with Gasteiger partial charge in [-0.3, -0.25) is 14.7 Å². The normalized spacial score (nSPS) is 17.2. The van der Waals surface area contributed by atoms with Crippen LogP contribution in [0.2, 0.25) is 0 Å². The number of aromatic nitrogens is 2. The third kappa shape index (κ3) is 6.33. The number of hydrogen-bond donors (Lipinski definition) is 1. The first kappa shape index (κ1) is 25.7. The van der Waals surface area contributed by atoms with Gasteiger partial charge in [0.25, 0.3) is 0 Å². The fourth-order valence-electron chi connectivity index (χ4n) is 5.38. The number of ether oxygens (including phenoxy) is 1. The summed E-state index contributed by atoms with van der Waals surface area (Å²) in [6, 6.07) is 6.18. The van der Waals surface area contributed by atoms with Gasteiger partial charge >= 0.3 is 5.97 Å². The molecule has 2 fully saturated rings. The molecule has 0 radical (unpaired) electrons. The van der Waals surface area contributed by atoms with E-state index in [2.05, 4.69) is 39.1 Å². The van der Waals surface area contributed by atoms with Crippen molar-refractivity contribution < 1.29 is 14.6 Å². The molecule has 0 saturated carbocycles. The number of anilines is 2. The van der Waals surface area contributed by atoms with E-state index in [1.807, 2.05) is 12.3 Å². The molecule has 8 nitrogen and oxygen atoms in total. The van der Waals surface area contributed by atoms with Gasteiger partial charge in [-0.25, -0.2) is 4.98 Å². The van der Waals surface area contributed by atoms with E-state index in [1.165, 1.54) is 30.1 Å². The van der Waals surface area contributed by atoms with Gasteiger partial charge in [-0.1, -0.05) is 6.07 Å². The predicted molar refractivity (Wildman–Crippen MR) is 149 cm³/mol. The zero-order chi connectivity index (χ0) is 25.6. The lowest BCUT2D eigenvalue weighted by Crippen LogP contribution is -2.31.